The molecule has 6 N–H and O–H groups in total. The quantitative estimate of drug-likeness (QED) is 0.338. The smallest absolute Gasteiger partial charge is 0.247 e. The second-order valence-corrected chi connectivity index (χ2v) is 6.12. The van der Waals surface area contributed by atoms with Gasteiger partial charge in [0.15, 0.2) is 17.7 Å². The number of aliphatic hydroxyl groups excluding tert-OH is 3. The van der Waals surface area contributed by atoms with Gasteiger partial charge in [0.2, 0.25) is 5.95 Å². The van der Waals surface area contributed by atoms with Gasteiger partial charge in [-0.15, -0.1) is 0 Å². The Morgan fingerprint density at radius 2 is 2.16 bits per heavy atom. The molecule has 11 nitrogen and oxygen atoms in total. The largest absolute Gasteiger partial charge is 0.394 e. The second kappa shape index (κ2) is 6.88. The molecule has 2 aromatic heterocycles. The first-order valence-corrected chi connectivity index (χ1v) is 7.84. The zero-order valence-corrected chi connectivity index (χ0v) is 13.8. The van der Waals surface area contributed by atoms with E-state index in [1.165, 1.54) is 10.9 Å². The van der Waals surface area contributed by atoms with Crippen LogP contribution in [-0.4, -0.2) is 66.0 Å². The summed E-state index contributed by atoms with van der Waals surface area (Å²) in [4.78, 5) is 12.5. The Kier molecular flexibility index (Phi) is 4.81. The number of anilines is 2. The van der Waals surface area contributed by atoms with Gasteiger partial charge in [-0.2, -0.15) is 15.1 Å². The van der Waals surface area contributed by atoms with Gasteiger partial charge in [0.05, 0.1) is 12.9 Å². The van der Waals surface area contributed by atoms with Crippen LogP contribution in [0.2, 0.25) is 0 Å². The average Bonchev–Trinajstić information content (AvgIpc) is 3.10. The SMILES string of the molecule is CC(C)/C=N/Nc1nc(N)c2ncn(C3O[C@H](CO)[C@@H](O)[C@H]3O)c2n1. The molecule has 2 aromatic rings. The molecular formula is C14H21N7O4. The number of hydrogen-bond acceptors (Lipinski definition) is 10. The number of hydrazone groups is 1. The molecular weight excluding hydrogens is 330 g/mol. The third kappa shape index (κ3) is 3.26. The summed E-state index contributed by atoms with van der Waals surface area (Å²) < 4.78 is 6.94. The lowest BCUT2D eigenvalue weighted by Gasteiger charge is -2.16. The van der Waals surface area contributed by atoms with E-state index in [0.717, 1.165) is 0 Å². The molecule has 1 fully saturated rings. The van der Waals surface area contributed by atoms with Crippen LogP contribution in [0, 0.1) is 5.92 Å². The molecule has 25 heavy (non-hydrogen) atoms. The number of ether oxygens (including phenoxy) is 1. The molecule has 0 radical (unpaired) electrons. The fraction of sp³-hybridized carbons (Fsp3) is 0.571. The highest BCUT2D eigenvalue weighted by atomic mass is 16.6. The molecule has 0 spiro atoms. The Bertz CT molecular complexity index is 778. The van der Waals surface area contributed by atoms with Gasteiger partial charge >= 0.3 is 0 Å². The fourth-order valence-corrected chi connectivity index (χ4v) is 2.53. The lowest BCUT2D eigenvalue weighted by atomic mass is 10.1. The van der Waals surface area contributed by atoms with Crippen LogP contribution >= 0.6 is 0 Å². The molecule has 0 aliphatic carbocycles. The minimum absolute atomic E-state index is 0.137. The summed E-state index contributed by atoms with van der Waals surface area (Å²) in [6.07, 6.45) is -1.26. The molecule has 0 amide bonds. The Balaban J connectivity index is 1.95. The van der Waals surface area contributed by atoms with E-state index in [-0.39, 0.29) is 17.7 Å². The zero-order chi connectivity index (χ0) is 18.1. The minimum Gasteiger partial charge on any atom is -0.394 e. The Labute approximate surface area is 143 Å². The van der Waals surface area contributed by atoms with Gasteiger partial charge in [0.25, 0.3) is 0 Å². The van der Waals surface area contributed by atoms with Crippen molar-refractivity contribution in [3.05, 3.63) is 6.33 Å². The predicted octanol–water partition coefficient (Wildman–Crippen LogP) is -0.926. The number of nitrogen functional groups attached to an aromatic ring is 1. The standard InChI is InChI=1S/C14H21N7O4/c1-6(2)3-17-20-14-18-11(15)8-12(19-14)21(5-16-8)13-10(24)9(23)7(4-22)25-13/h3,5-7,9-10,13,22-24H,4H2,1-2H3,(H3,15,18,19,20)/b17-3+/t7-,9-,10-,13?/m1/s1. The van der Waals surface area contributed by atoms with E-state index < -0.39 is 31.1 Å². The van der Waals surface area contributed by atoms with Crippen LogP contribution in [-0.2, 0) is 4.74 Å². The van der Waals surface area contributed by atoms with Crippen LogP contribution in [0.3, 0.4) is 0 Å². The molecule has 0 saturated carbocycles. The van der Waals surface area contributed by atoms with Crippen LogP contribution in [0.4, 0.5) is 11.8 Å². The zero-order valence-electron chi connectivity index (χ0n) is 13.8. The minimum atomic E-state index is -1.25. The van der Waals surface area contributed by atoms with Gasteiger partial charge in [-0.1, -0.05) is 13.8 Å². The Morgan fingerprint density at radius 1 is 1.40 bits per heavy atom. The van der Waals surface area contributed by atoms with E-state index in [2.05, 4.69) is 25.5 Å². The molecule has 1 unspecified atom stereocenters. The highest BCUT2D eigenvalue weighted by Gasteiger charge is 2.44. The summed E-state index contributed by atoms with van der Waals surface area (Å²) in [5.74, 6) is 0.547. The monoisotopic (exact) mass is 351 g/mol. The molecule has 136 valence electrons. The van der Waals surface area contributed by atoms with Crippen LogP contribution in [0.25, 0.3) is 11.2 Å². The number of fused-ring (bicyclic) bond motifs is 1. The van der Waals surface area contributed by atoms with Crippen molar-refractivity contribution in [2.24, 2.45) is 11.0 Å². The van der Waals surface area contributed by atoms with E-state index in [4.69, 9.17) is 10.5 Å². The number of nitrogens with zero attached hydrogens (tertiary/aromatic N) is 5. The average molecular weight is 351 g/mol. The van der Waals surface area contributed by atoms with Crippen LogP contribution in [0.15, 0.2) is 11.4 Å². The van der Waals surface area contributed by atoms with Gasteiger partial charge in [0.1, 0.15) is 23.8 Å². The van der Waals surface area contributed by atoms with Crippen molar-refractivity contribution >= 4 is 29.1 Å². The van der Waals surface area contributed by atoms with Crippen molar-refractivity contribution in [3.63, 3.8) is 0 Å². The first-order chi connectivity index (χ1) is 11.9. The summed E-state index contributed by atoms with van der Waals surface area (Å²) >= 11 is 0. The maximum absolute atomic E-state index is 10.2. The topological polar surface area (TPSA) is 164 Å². The van der Waals surface area contributed by atoms with Crippen molar-refractivity contribution in [3.8, 4) is 0 Å². The van der Waals surface area contributed by atoms with Gasteiger partial charge in [-0.25, -0.2) is 10.4 Å². The predicted molar refractivity (Wildman–Crippen MR) is 89.7 cm³/mol. The summed E-state index contributed by atoms with van der Waals surface area (Å²) in [5, 5.41) is 33.3. The lowest BCUT2D eigenvalue weighted by molar-refractivity contribution is -0.0511. The number of nitrogens with two attached hydrogens (primary N) is 1. The summed E-state index contributed by atoms with van der Waals surface area (Å²) in [6, 6.07) is 0. The van der Waals surface area contributed by atoms with E-state index >= 15 is 0 Å². The Hall–Kier alpha value is -2.34. The maximum atomic E-state index is 10.2. The van der Waals surface area contributed by atoms with E-state index in [1.54, 1.807) is 6.21 Å². The molecule has 1 aliphatic heterocycles. The van der Waals surface area contributed by atoms with E-state index in [9.17, 15) is 15.3 Å². The number of imidazole rings is 1. The molecule has 0 bridgehead atoms. The van der Waals surface area contributed by atoms with E-state index in [0.29, 0.717) is 11.2 Å². The molecule has 4 atom stereocenters. The fourth-order valence-electron chi connectivity index (χ4n) is 2.53. The van der Waals surface area contributed by atoms with E-state index in [1.807, 2.05) is 13.8 Å². The summed E-state index contributed by atoms with van der Waals surface area (Å²) in [7, 11) is 0. The summed E-state index contributed by atoms with van der Waals surface area (Å²) in [6.45, 7) is 3.52. The maximum Gasteiger partial charge on any atom is 0.247 e. The highest BCUT2D eigenvalue weighted by molar-refractivity contribution is 5.83. The number of aromatic nitrogens is 4. The molecule has 1 aliphatic rings. The number of rotatable bonds is 5. The molecule has 3 rings (SSSR count). The lowest BCUT2D eigenvalue weighted by Crippen LogP contribution is -2.33. The van der Waals surface area contributed by atoms with Crippen LogP contribution < -0.4 is 11.2 Å². The van der Waals surface area contributed by atoms with Gasteiger partial charge in [0, 0.05) is 6.21 Å². The molecule has 3 heterocycles. The van der Waals surface area contributed by atoms with Crippen molar-refractivity contribution in [2.45, 2.75) is 38.4 Å². The first-order valence-electron chi connectivity index (χ1n) is 7.84. The number of hydrogen-bond donors (Lipinski definition) is 5. The van der Waals surface area contributed by atoms with Crippen molar-refractivity contribution in [1.29, 1.82) is 0 Å². The van der Waals surface area contributed by atoms with Gasteiger partial charge in [-0.3, -0.25) is 4.57 Å². The normalized spacial score (nSPS) is 27.0. The van der Waals surface area contributed by atoms with Crippen molar-refractivity contribution < 1.29 is 20.1 Å². The van der Waals surface area contributed by atoms with Gasteiger partial charge < -0.3 is 25.8 Å². The van der Waals surface area contributed by atoms with Gasteiger partial charge in [-0.05, 0) is 5.92 Å². The third-order valence-electron chi connectivity index (χ3n) is 3.78. The number of aliphatic hydroxyl groups is 3. The van der Waals surface area contributed by atoms with Crippen molar-refractivity contribution in [2.75, 3.05) is 17.8 Å². The number of nitrogens with one attached hydrogen (secondary N) is 1. The van der Waals surface area contributed by atoms with Crippen molar-refractivity contribution in [1.82, 2.24) is 19.5 Å². The summed E-state index contributed by atoms with van der Waals surface area (Å²) in [5.41, 5.74) is 9.23. The third-order valence-corrected chi connectivity index (χ3v) is 3.78. The second-order valence-electron chi connectivity index (χ2n) is 6.12. The van der Waals surface area contributed by atoms with Crippen LogP contribution in [0.5, 0.6) is 0 Å². The molecule has 0 aromatic carbocycles. The highest BCUT2D eigenvalue weighted by Crippen LogP contribution is 2.32. The molecule has 1 saturated heterocycles. The Morgan fingerprint density at radius 3 is 2.80 bits per heavy atom. The first kappa shape index (κ1) is 17.5. The van der Waals surface area contributed by atoms with Crippen LogP contribution in [0.1, 0.15) is 20.1 Å². The molecule has 11 heteroatoms.